The zero-order valence-corrected chi connectivity index (χ0v) is 16.7. The summed E-state index contributed by atoms with van der Waals surface area (Å²) in [5.74, 6) is 3.07. The van der Waals surface area contributed by atoms with Gasteiger partial charge in [0, 0.05) is 38.3 Å². The molecule has 0 bridgehead atoms. The molecule has 0 amide bonds. The molecule has 0 aliphatic carbocycles. The van der Waals surface area contributed by atoms with Gasteiger partial charge in [0.05, 0.1) is 13.2 Å². The second-order valence-corrected chi connectivity index (χ2v) is 6.21. The summed E-state index contributed by atoms with van der Waals surface area (Å²) in [5.41, 5.74) is 0.950. The third-order valence-electron chi connectivity index (χ3n) is 4.28. The average molecular weight is 446 g/mol. The van der Waals surface area contributed by atoms with E-state index in [0.29, 0.717) is 19.1 Å². The second-order valence-electron chi connectivity index (χ2n) is 6.21. The van der Waals surface area contributed by atoms with Crippen LogP contribution >= 0.6 is 24.0 Å². The number of anilines is 1. The predicted molar refractivity (Wildman–Crippen MR) is 108 cm³/mol. The zero-order chi connectivity index (χ0) is 16.1. The number of rotatable bonds is 3. The summed E-state index contributed by atoms with van der Waals surface area (Å²) in [6, 6.07) is 5.91. The number of hydrogen-bond donors (Lipinski definition) is 2. The summed E-state index contributed by atoms with van der Waals surface area (Å²) in [7, 11) is 3.96. The molecule has 2 aliphatic rings. The van der Waals surface area contributed by atoms with Gasteiger partial charge in [-0.05, 0) is 38.1 Å². The molecule has 1 fully saturated rings. The molecule has 0 radical (unpaired) electrons. The highest BCUT2D eigenvalue weighted by Crippen LogP contribution is 2.32. The van der Waals surface area contributed by atoms with Crippen LogP contribution in [-0.2, 0) is 0 Å². The number of guanidine groups is 1. The lowest BCUT2D eigenvalue weighted by Gasteiger charge is -2.16. The van der Waals surface area contributed by atoms with Crippen LogP contribution in [0.2, 0.25) is 0 Å². The summed E-state index contributed by atoms with van der Waals surface area (Å²) >= 11 is 0. The molecule has 0 aromatic heterocycles. The number of fused-ring (bicyclic) bond motifs is 1. The van der Waals surface area contributed by atoms with Gasteiger partial charge in [0.25, 0.3) is 0 Å². The molecule has 1 unspecified atom stereocenters. The van der Waals surface area contributed by atoms with E-state index >= 15 is 0 Å². The third-order valence-corrected chi connectivity index (χ3v) is 4.28. The van der Waals surface area contributed by atoms with Crippen molar-refractivity contribution in [2.45, 2.75) is 12.8 Å². The van der Waals surface area contributed by atoms with Crippen LogP contribution in [-0.4, -0.2) is 57.8 Å². The number of nitrogens with one attached hydrogen (secondary N) is 2. The Kier molecular flexibility index (Phi) is 7.41. The summed E-state index contributed by atoms with van der Waals surface area (Å²) < 4.78 is 11.4. The maximum absolute atomic E-state index is 5.73. The van der Waals surface area contributed by atoms with E-state index in [-0.39, 0.29) is 24.0 Å². The van der Waals surface area contributed by atoms with Crippen LogP contribution in [0.25, 0.3) is 0 Å². The highest BCUT2D eigenvalue weighted by Gasteiger charge is 2.19. The van der Waals surface area contributed by atoms with Crippen LogP contribution in [0, 0.1) is 5.92 Å². The molecule has 1 aromatic rings. The van der Waals surface area contributed by atoms with Crippen molar-refractivity contribution in [1.82, 2.24) is 10.2 Å². The molecule has 2 aliphatic heterocycles. The van der Waals surface area contributed by atoms with E-state index in [9.17, 15) is 0 Å². The van der Waals surface area contributed by atoms with Gasteiger partial charge in [-0.2, -0.15) is 0 Å². The van der Waals surface area contributed by atoms with E-state index in [1.807, 2.05) is 18.2 Å². The molecule has 134 valence electrons. The number of ether oxygens (including phenoxy) is 2. The monoisotopic (exact) mass is 446 g/mol. The molecule has 6 nitrogen and oxygen atoms in total. The van der Waals surface area contributed by atoms with Gasteiger partial charge in [0.1, 0.15) is 0 Å². The Morgan fingerprint density at radius 1 is 1.29 bits per heavy atom. The van der Waals surface area contributed by atoms with E-state index in [1.165, 1.54) is 13.0 Å². The summed E-state index contributed by atoms with van der Waals surface area (Å²) in [5, 5.41) is 6.74. The predicted octanol–water partition coefficient (Wildman–Crippen LogP) is 2.40. The van der Waals surface area contributed by atoms with Crippen molar-refractivity contribution >= 4 is 35.6 Å². The minimum absolute atomic E-state index is 0. The van der Waals surface area contributed by atoms with Gasteiger partial charge >= 0.3 is 0 Å². The van der Waals surface area contributed by atoms with E-state index in [1.54, 1.807) is 7.05 Å². The smallest absolute Gasteiger partial charge is 0.195 e. The SMILES string of the molecule is CN=C(NCC1CCN(C)C1)Nc1ccc2c(c1)OCCCO2.I. The lowest BCUT2D eigenvalue weighted by atomic mass is 10.1. The Balaban J connectivity index is 0.00000208. The molecule has 2 heterocycles. The van der Waals surface area contributed by atoms with Crippen LogP contribution in [0.5, 0.6) is 11.5 Å². The van der Waals surface area contributed by atoms with Gasteiger partial charge in [-0.25, -0.2) is 0 Å². The van der Waals surface area contributed by atoms with Gasteiger partial charge in [-0.15, -0.1) is 24.0 Å². The standard InChI is InChI=1S/C17H26N4O2.HI/c1-18-17(19-11-13-6-7-21(2)12-13)20-14-4-5-15-16(10-14)23-9-3-8-22-15;/h4-5,10,13H,3,6-9,11-12H2,1-2H3,(H2,18,19,20);1H. The van der Waals surface area contributed by atoms with E-state index < -0.39 is 0 Å². The second kappa shape index (κ2) is 9.31. The molecule has 1 aromatic carbocycles. The molecule has 7 heteroatoms. The van der Waals surface area contributed by atoms with E-state index in [2.05, 4.69) is 27.6 Å². The van der Waals surface area contributed by atoms with Crippen molar-refractivity contribution in [2.24, 2.45) is 10.9 Å². The summed E-state index contributed by atoms with van der Waals surface area (Å²) in [6.07, 6.45) is 2.15. The number of halogens is 1. The molecule has 3 rings (SSSR count). The van der Waals surface area contributed by atoms with Crippen molar-refractivity contribution in [3.05, 3.63) is 18.2 Å². The van der Waals surface area contributed by atoms with Crippen molar-refractivity contribution in [1.29, 1.82) is 0 Å². The first-order valence-corrected chi connectivity index (χ1v) is 8.30. The van der Waals surface area contributed by atoms with Crippen molar-refractivity contribution in [3.63, 3.8) is 0 Å². The Hall–Kier alpha value is -1.22. The van der Waals surface area contributed by atoms with Crippen molar-refractivity contribution in [3.8, 4) is 11.5 Å². The first kappa shape index (κ1) is 19.1. The normalized spacial score (nSPS) is 20.9. The Labute approximate surface area is 161 Å². The number of hydrogen-bond acceptors (Lipinski definition) is 4. The van der Waals surface area contributed by atoms with Gasteiger partial charge in [-0.3, -0.25) is 4.99 Å². The fourth-order valence-electron chi connectivity index (χ4n) is 2.99. The Bertz CT molecular complexity index is 568. The number of aliphatic imine (C=N–C) groups is 1. The van der Waals surface area contributed by atoms with Gasteiger partial charge < -0.3 is 25.0 Å². The number of nitrogens with zero attached hydrogens (tertiary/aromatic N) is 2. The zero-order valence-electron chi connectivity index (χ0n) is 14.4. The topological polar surface area (TPSA) is 58.1 Å². The highest BCUT2D eigenvalue weighted by molar-refractivity contribution is 14.0. The van der Waals surface area contributed by atoms with Gasteiger partial charge in [0.15, 0.2) is 17.5 Å². The summed E-state index contributed by atoms with van der Waals surface area (Å²) in [4.78, 5) is 6.67. The molecule has 0 saturated carbocycles. The quantitative estimate of drug-likeness (QED) is 0.425. The van der Waals surface area contributed by atoms with E-state index in [0.717, 1.165) is 42.7 Å². The molecule has 24 heavy (non-hydrogen) atoms. The van der Waals surface area contributed by atoms with Crippen molar-refractivity contribution in [2.75, 3.05) is 52.3 Å². The molecular weight excluding hydrogens is 419 g/mol. The summed E-state index contributed by atoms with van der Waals surface area (Å²) in [6.45, 7) is 4.67. The fourth-order valence-corrected chi connectivity index (χ4v) is 2.99. The Morgan fingerprint density at radius 3 is 2.79 bits per heavy atom. The minimum Gasteiger partial charge on any atom is -0.490 e. The molecular formula is C17H27IN4O2. The largest absolute Gasteiger partial charge is 0.490 e. The average Bonchev–Trinajstić information content (AvgIpc) is 2.83. The highest BCUT2D eigenvalue weighted by atomic mass is 127. The van der Waals surface area contributed by atoms with Crippen LogP contribution in [0.15, 0.2) is 23.2 Å². The number of likely N-dealkylation sites (tertiary alicyclic amines) is 1. The Morgan fingerprint density at radius 2 is 2.08 bits per heavy atom. The first-order valence-electron chi connectivity index (χ1n) is 8.30. The van der Waals surface area contributed by atoms with Crippen LogP contribution in [0.4, 0.5) is 5.69 Å². The molecule has 0 spiro atoms. The maximum atomic E-state index is 5.73. The lowest BCUT2D eigenvalue weighted by Crippen LogP contribution is -2.35. The fraction of sp³-hybridized carbons (Fsp3) is 0.588. The van der Waals surface area contributed by atoms with E-state index in [4.69, 9.17) is 9.47 Å². The minimum atomic E-state index is 0. The lowest BCUT2D eigenvalue weighted by molar-refractivity contribution is 0.297. The number of benzene rings is 1. The van der Waals surface area contributed by atoms with Crippen LogP contribution < -0.4 is 20.1 Å². The first-order chi connectivity index (χ1) is 11.2. The molecule has 2 N–H and O–H groups in total. The molecule has 1 atom stereocenters. The third kappa shape index (κ3) is 5.14. The van der Waals surface area contributed by atoms with Crippen LogP contribution in [0.1, 0.15) is 12.8 Å². The maximum Gasteiger partial charge on any atom is 0.195 e. The van der Waals surface area contributed by atoms with Gasteiger partial charge in [0.2, 0.25) is 0 Å². The molecule has 1 saturated heterocycles. The van der Waals surface area contributed by atoms with Crippen LogP contribution in [0.3, 0.4) is 0 Å². The van der Waals surface area contributed by atoms with Crippen molar-refractivity contribution < 1.29 is 9.47 Å². The van der Waals surface area contributed by atoms with Gasteiger partial charge in [-0.1, -0.05) is 0 Å².